The fourth-order valence-corrected chi connectivity index (χ4v) is 6.29. The maximum Gasteiger partial charge on any atom is 0.253 e. The maximum atomic E-state index is 13.7. The molecule has 4 aromatic rings. The number of aryl methyl sites for hydroxylation is 3. The quantitative estimate of drug-likeness (QED) is 0.348. The van der Waals surface area contributed by atoms with Crippen molar-refractivity contribution in [2.24, 2.45) is 0 Å². The number of hydrogen-bond acceptors (Lipinski definition) is 5. The van der Waals surface area contributed by atoms with Gasteiger partial charge in [0.2, 0.25) is 0 Å². The smallest absolute Gasteiger partial charge is 0.253 e. The average Bonchev–Trinajstić information content (AvgIpc) is 3.62. The first-order chi connectivity index (χ1) is 18.7. The standard InChI is InChI=1S/C31H36N6O2/c1-17(2)36-15-19(4)29-25(30(38)34-14-26-18(3)8-20(5)35-31(26)39)9-22(10-27(29)36)21-6-7-28(33-12-21)37-16-23-11-24(37)13-32-23/h6-10,12,15,17,23-24,32H,11,13-14,16H2,1-5H3,(H,34,38)(H,35,39)/t23?,24-/m0/s1. The molecule has 0 saturated carbocycles. The van der Waals surface area contributed by atoms with Crippen molar-refractivity contribution in [3.05, 3.63) is 81.0 Å². The second kappa shape index (κ2) is 9.68. The van der Waals surface area contributed by atoms with Gasteiger partial charge >= 0.3 is 0 Å². The molecule has 3 N–H and O–H groups in total. The molecule has 8 nitrogen and oxygen atoms in total. The summed E-state index contributed by atoms with van der Waals surface area (Å²) >= 11 is 0. The molecule has 1 amide bonds. The number of hydrogen-bond donors (Lipinski definition) is 3. The van der Waals surface area contributed by atoms with Crippen LogP contribution in [0.15, 0.2) is 47.5 Å². The highest BCUT2D eigenvalue weighted by Gasteiger charge is 2.38. The number of aromatic nitrogens is 3. The van der Waals surface area contributed by atoms with Gasteiger partial charge in [-0.05, 0) is 88.1 Å². The predicted octanol–water partition coefficient (Wildman–Crippen LogP) is 4.38. The van der Waals surface area contributed by atoms with Gasteiger partial charge in [-0.15, -0.1) is 0 Å². The number of anilines is 1. The van der Waals surface area contributed by atoms with E-state index in [4.69, 9.17) is 4.98 Å². The van der Waals surface area contributed by atoms with Gasteiger partial charge in [0.1, 0.15) is 5.82 Å². The van der Waals surface area contributed by atoms with Crippen molar-refractivity contribution < 1.29 is 4.79 Å². The van der Waals surface area contributed by atoms with Crippen LogP contribution in [0.4, 0.5) is 5.82 Å². The van der Waals surface area contributed by atoms with Crippen LogP contribution in [-0.2, 0) is 6.54 Å². The van der Waals surface area contributed by atoms with Crippen LogP contribution in [0.1, 0.15) is 59.1 Å². The highest BCUT2D eigenvalue weighted by atomic mass is 16.1. The Morgan fingerprint density at radius 3 is 2.59 bits per heavy atom. The SMILES string of the molecule is Cc1cc(C)c(CNC(=O)c2cc(-c3ccc(N4CC5C[C@H]4CN5)nc3)cc3c2c(C)cn3C(C)C)c(=O)[nH]1. The summed E-state index contributed by atoms with van der Waals surface area (Å²) < 4.78 is 2.22. The zero-order valence-electron chi connectivity index (χ0n) is 23.3. The van der Waals surface area contributed by atoms with E-state index in [0.29, 0.717) is 23.2 Å². The summed E-state index contributed by atoms with van der Waals surface area (Å²) in [7, 11) is 0. The minimum Gasteiger partial charge on any atom is -0.351 e. The van der Waals surface area contributed by atoms with E-state index in [1.807, 2.05) is 39.1 Å². The van der Waals surface area contributed by atoms with E-state index in [0.717, 1.165) is 57.8 Å². The Morgan fingerprint density at radius 1 is 1.13 bits per heavy atom. The van der Waals surface area contributed by atoms with Gasteiger partial charge in [0.15, 0.2) is 0 Å². The summed E-state index contributed by atoms with van der Waals surface area (Å²) in [6.45, 7) is 12.3. The molecule has 2 aliphatic heterocycles. The lowest BCUT2D eigenvalue weighted by atomic mass is 9.98. The second-order valence-corrected chi connectivity index (χ2v) is 11.4. The minimum atomic E-state index is -0.198. The highest BCUT2D eigenvalue weighted by Crippen LogP contribution is 2.34. The normalized spacial score (nSPS) is 18.5. The van der Waals surface area contributed by atoms with Gasteiger partial charge in [-0.3, -0.25) is 9.59 Å². The van der Waals surface area contributed by atoms with Gasteiger partial charge in [0, 0.05) is 83.4 Å². The number of nitrogens with one attached hydrogen (secondary N) is 3. The van der Waals surface area contributed by atoms with E-state index >= 15 is 0 Å². The summed E-state index contributed by atoms with van der Waals surface area (Å²) in [5.41, 5.74) is 6.66. The van der Waals surface area contributed by atoms with Gasteiger partial charge in [-0.1, -0.05) is 0 Å². The van der Waals surface area contributed by atoms with Crippen LogP contribution in [0.25, 0.3) is 22.0 Å². The van der Waals surface area contributed by atoms with Crippen LogP contribution >= 0.6 is 0 Å². The van der Waals surface area contributed by atoms with Gasteiger partial charge in [0.05, 0.1) is 0 Å². The zero-order valence-corrected chi connectivity index (χ0v) is 23.3. The maximum absolute atomic E-state index is 13.7. The summed E-state index contributed by atoms with van der Waals surface area (Å²) in [6.07, 6.45) is 5.21. The van der Waals surface area contributed by atoms with Crippen molar-refractivity contribution in [1.29, 1.82) is 0 Å². The average molecular weight is 525 g/mol. The third-order valence-corrected chi connectivity index (χ3v) is 8.28. The van der Waals surface area contributed by atoms with E-state index in [1.54, 1.807) is 0 Å². The molecular weight excluding hydrogens is 488 g/mol. The van der Waals surface area contributed by atoms with E-state index in [9.17, 15) is 9.59 Å². The fraction of sp³-hybridized carbons (Fsp3) is 0.387. The first-order valence-electron chi connectivity index (χ1n) is 13.8. The number of carbonyl (C=O) groups excluding carboxylic acids is 1. The van der Waals surface area contributed by atoms with Crippen LogP contribution in [0.3, 0.4) is 0 Å². The summed E-state index contributed by atoms with van der Waals surface area (Å²) in [6, 6.07) is 11.6. The molecule has 2 saturated heterocycles. The minimum absolute atomic E-state index is 0.165. The lowest BCUT2D eigenvalue weighted by molar-refractivity contribution is 0.0952. The van der Waals surface area contributed by atoms with Crippen LogP contribution in [0, 0.1) is 20.8 Å². The molecule has 202 valence electrons. The van der Waals surface area contributed by atoms with E-state index in [2.05, 4.69) is 63.3 Å². The molecule has 0 spiro atoms. The summed E-state index contributed by atoms with van der Waals surface area (Å²) in [4.78, 5) is 36.3. The van der Waals surface area contributed by atoms with Crippen LogP contribution in [0.5, 0.6) is 0 Å². The molecule has 8 heteroatoms. The third kappa shape index (κ3) is 4.52. The number of fused-ring (bicyclic) bond motifs is 3. The van der Waals surface area contributed by atoms with Gasteiger partial charge in [-0.2, -0.15) is 0 Å². The Kier molecular flexibility index (Phi) is 6.30. The molecule has 2 aliphatic rings. The molecule has 1 aromatic carbocycles. The fourth-order valence-electron chi connectivity index (χ4n) is 6.29. The summed E-state index contributed by atoms with van der Waals surface area (Å²) in [5, 5.41) is 7.50. The molecule has 0 radical (unpaired) electrons. The zero-order chi connectivity index (χ0) is 27.4. The number of nitrogens with zero attached hydrogens (tertiary/aromatic N) is 3. The van der Waals surface area contributed by atoms with Crippen molar-refractivity contribution in [2.75, 3.05) is 18.0 Å². The first kappa shape index (κ1) is 25.4. The van der Waals surface area contributed by atoms with Gasteiger partial charge in [0.25, 0.3) is 11.5 Å². The van der Waals surface area contributed by atoms with E-state index < -0.39 is 0 Å². The third-order valence-electron chi connectivity index (χ3n) is 8.28. The number of carbonyl (C=O) groups is 1. The number of piperazine rings is 1. The Hall–Kier alpha value is -3.91. The molecule has 39 heavy (non-hydrogen) atoms. The Labute approximate surface area is 228 Å². The lowest BCUT2D eigenvalue weighted by Crippen LogP contribution is -2.43. The molecule has 3 aromatic heterocycles. The largest absolute Gasteiger partial charge is 0.351 e. The number of aromatic amines is 1. The number of pyridine rings is 2. The second-order valence-electron chi connectivity index (χ2n) is 11.4. The van der Waals surface area contributed by atoms with E-state index in [-0.39, 0.29) is 24.1 Å². The number of H-pyrrole nitrogens is 1. The van der Waals surface area contributed by atoms with Crippen molar-refractivity contribution in [1.82, 2.24) is 25.2 Å². The molecule has 2 atom stereocenters. The molecule has 0 aliphatic carbocycles. The highest BCUT2D eigenvalue weighted by molar-refractivity contribution is 6.09. The van der Waals surface area contributed by atoms with Crippen molar-refractivity contribution >= 4 is 22.6 Å². The summed E-state index contributed by atoms with van der Waals surface area (Å²) in [5.74, 6) is 0.808. The first-order valence-corrected chi connectivity index (χ1v) is 13.8. The van der Waals surface area contributed by atoms with Crippen molar-refractivity contribution in [3.63, 3.8) is 0 Å². The number of amides is 1. The van der Waals surface area contributed by atoms with E-state index in [1.165, 1.54) is 6.42 Å². The monoisotopic (exact) mass is 524 g/mol. The van der Waals surface area contributed by atoms with Crippen LogP contribution in [0.2, 0.25) is 0 Å². The molecule has 2 bridgehead atoms. The molecule has 6 rings (SSSR count). The molecule has 1 unspecified atom stereocenters. The number of rotatable bonds is 6. The Balaban J connectivity index is 1.36. The predicted molar refractivity (Wildman–Crippen MR) is 156 cm³/mol. The van der Waals surface area contributed by atoms with Crippen molar-refractivity contribution in [3.8, 4) is 11.1 Å². The number of benzene rings is 1. The molecule has 5 heterocycles. The topological polar surface area (TPSA) is 95.1 Å². The van der Waals surface area contributed by atoms with Gasteiger partial charge in [-0.25, -0.2) is 4.98 Å². The van der Waals surface area contributed by atoms with Crippen LogP contribution in [-0.4, -0.2) is 45.6 Å². The molecular formula is C31H36N6O2. The molecule has 2 fully saturated rings. The lowest BCUT2D eigenvalue weighted by Gasteiger charge is -2.28. The van der Waals surface area contributed by atoms with Crippen molar-refractivity contribution in [2.45, 2.75) is 65.7 Å². The Bertz CT molecular complexity index is 1630. The Morgan fingerprint density at radius 2 is 1.95 bits per heavy atom. The van der Waals surface area contributed by atoms with Crippen LogP contribution < -0.4 is 21.1 Å². The van der Waals surface area contributed by atoms with Gasteiger partial charge < -0.3 is 25.1 Å².